The molecule has 1 heterocycles. The number of nitrogens with one attached hydrogen (secondary N) is 1. The highest BCUT2D eigenvalue weighted by atomic mass is 16.2. The van der Waals surface area contributed by atoms with Crippen molar-refractivity contribution in [3.8, 4) is 0 Å². The fraction of sp³-hybridized carbons (Fsp3) is 1.00. The van der Waals surface area contributed by atoms with Crippen LogP contribution in [0.1, 0.15) is 38.5 Å². The highest BCUT2D eigenvalue weighted by Gasteiger charge is 2.16. The molecule has 1 atom stereocenters. The molecule has 1 aliphatic heterocycles. The van der Waals surface area contributed by atoms with Crippen molar-refractivity contribution in [3.05, 3.63) is 0 Å². The van der Waals surface area contributed by atoms with E-state index in [9.17, 15) is 0 Å². The van der Waals surface area contributed by atoms with Crippen LogP contribution in [0.5, 0.6) is 0 Å². The Bertz CT molecular complexity index is 147. The summed E-state index contributed by atoms with van der Waals surface area (Å²) in [5.74, 6) is 0. The third kappa shape index (κ3) is 5.50. The fourth-order valence-electron chi connectivity index (χ4n) is 2.22. The van der Waals surface area contributed by atoms with E-state index in [-0.39, 0.29) is 0 Å². The lowest BCUT2D eigenvalue weighted by Gasteiger charge is -2.31. The van der Waals surface area contributed by atoms with E-state index < -0.39 is 0 Å². The van der Waals surface area contributed by atoms with Gasteiger partial charge in [0.25, 0.3) is 0 Å². The summed E-state index contributed by atoms with van der Waals surface area (Å²) in [6.07, 6.45) is 7.33. The van der Waals surface area contributed by atoms with Crippen LogP contribution in [0.3, 0.4) is 0 Å². The molecule has 0 aromatic heterocycles. The van der Waals surface area contributed by atoms with Gasteiger partial charge < -0.3 is 15.3 Å². The summed E-state index contributed by atoms with van der Waals surface area (Å²) in [5.41, 5.74) is 0. The zero-order valence-corrected chi connectivity index (χ0v) is 10.0. The third-order valence-electron chi connectivity index (χ3n) is 3.31. The maximum absolute atomic E-state index is 8.66. The number of hydrogen-bond acceptors (Lipinski definition) is 3. The Kier molecular flexibility index (Phi) is 6.98. The number of piperidine rings is 1. The van der Waals surface area contributed by atoms with Crippen molar-refractivity contribution in [1.29, 1.82) is 0 Å². The number of aliphatic hydroxyl groups excluding tert-OH is 1. The molecule has 90 valence electrons. The van der Waals surface area contributed by atoms with Gasteiger partial charge >= 0.3 is 0 Å². The van der Waals surface area contributed by atoms with Crippen LogP contribution in [0.4, 0.5) is 0 Å². The van der Waals surface area contributed by atoms with Crippen LogP contribution >= 0.6 is 0 Å². The highest BCUT2D eigenvalue weighted by molar-refractivity contribution is 4.76. The molecule has 1 fully saturated rings. The summed E-state index contributed by atoms with van der Waals surface area (Å²) in [6, 6.07) is 0.747. The number of aliphatic hydroxyl groups is 1. The molecule has 3 nitrogen and oxygen atoms in total. The van der Waals surface area contributed by atoms with Crippen molar-refractivity contribution in [1.82, 2.24) is 10.2 Å². The zero-order valence-electron chi connectivity index (χ0n) is 10.0. The molecule has 3 heteroatoms. The van der Waals surface area contributed by atoms with Gasteiger partial charge in [0.2, 0.25) is 0 Å². The Labute approximate surface area is 93.9 Å². The largest absolute Gasteiger partial charge is 0.396 e. The summed E-state index contributed by atoms with van der Waals surface area (Å²) in [4.78, 5) is 2.49. The van der Waals surface area contributed by atoms with Crippen molar-refractivity contribution >= 4 is 0 Å². The van der Waals surface area contributed by atoms with Gasteiger partial charge in [-0.2, -0.15) is 0 Å². The molecule has 0 amide bonds. The van der Waals surface area contributed by atoms with Crippen LogP contribution in [-0.4, -0.2) is 49.3 Å². The Hall–Kier alpha value is -0.120. The first-order chi connectivity index (χ1) is 7.34. The van der Waals surface area contributed by atoms with Gasteiger partial charge in [0.15, 0.2) is 0 Å². The van der Waals surface area contributed by atoms with Crippen molar-refractivity contribution in [2.24, 2.45) is 0 Å². The summed E-state index contributed by atoms with van der Waals surface area (Å²) in [6.45, 7) is 3.91. The van der Waals surface area contributed by atoms with Crippen molar-refractivity contribution < 1.29 is 5.11 Å². The zero-order chi connectivity index (χ0) is 10.9. The molecule has 0 aliphatic carbocycles. The van der Waals surface area contributed by atoms with Crippen molar-refractivity contribution in [2.75, 3.05) is 33.3 Å². The maximum atomic E-state index is 8.66. The molecular formula is C12H26N2O. The molecule has 0 radical (unpaired) electrons. The monoisotopic (exact) mass is 214 g/mol. The SMILES string of the molecule is CN(CCCCCCO)C1CCCNC1. The minimum absolute atomic E-state index is 0.350. The van der Waals surface area contributed by atoms with Crippen LogP contribution < -0.4 is 5.32 Å². The summed E-state index contributed by atoms with van der Waals surface area (Å²) < 4.78 is 0. The average Bonchev–Trinajstić information content (AvgIpc) is 2.30. The topological polar surface area (TPSA) is 35.5 Å². The van der Waals surface area contributed by atoms with Crippen LogP contribution in [0, 0.1) is 0 Å². The van der Waals surface area contributed by atoms with E-state index in [0.717, 1.165) is 19.0 Å². The second kappa shape index (κ2) is 8.08. The predicted molar refractivity (Wildman–Crippen MR) is 64.1 cm³/mol. The molecule has 0 aromatic rings. The van der Waals surface area contributed by atoms with Gasteiger partial charge in [0.05, 0.1) is 0 Å². The molecule has 0 bridgehead atoms. The Morgan fingerprint density at radius 1 is 1.27 bits per heavy atom. The van der Waals surface area contributed by atoms with E-state index in [1.165, 1.54) is 45.2 Å². The Morgan fingerprint density at radius 2 is 2.07 bits per heavy atom. The molecule has 1 unspecified atom stereocenters. The van der Waals surface area contributed by atoms with E-state index in [1.807, 2.05) is 0 Å². The lowest BCUT2D eigenvalue weighted by atomic mass is 10.1. The molecule has 15 heavy (non-hydrogen) atoms. The summed E-state index contributed by atoms with van der Waals surface area (Å²) >= 11 is 0. The standard InChI is InChI=1S/C12H26N2O/c1-14(9-4-2-3-5-10-15)12-7-6-8-13-11-12/h12-13,15H,2-11H2,1H3. The quantitative estimate of drug-likeness (QED) is 0.626. The molecule has 2 N–H and O–H groups in total. The summed E-state index contributed by atoms with van der Waals surface area (Å²) in [5, 5.41) is 12.1. The molecule has 0 saturated carbocycles. The average molecular weight is 214 g/mol. The van der Waals surface area contributed by atoms with E-state index in [0.29, 0.717) is 6.61 Å². The normalized spacial score (nSPS) is 22.2. The van der Waals surface area contributed by atoms with Crippen LogP contribution in [-0.2, 0) is 0 Å². The second-order valence-corrected chi connectivity index (χ2v) is 4.62. The van der Waals surface area contributed by atoms with Gasteiger partial charge in [-0.3, -0.25) is 0 Å². The minimum atomic E-state index is 0.350. The first-order valence-electron chi connectivity index (χ1n) is 6.36. The third-order valence-corrected chi connectivity index (χ3v) is 3.31. The number of unbranched alkanes of at least 4 members (excludes halogenated alkanes) is 3. The van der Waals surface area contributed by atoms with Crippen LogP contribution in [0.25, 0.3) is 0 Å². The second-order valence-electron chi connectivity index (χ2n) is 4.62. The van der Waals surface area contributed by atoms with Crippen molar-refractivity contribution in [3.63, 3.8) is 0 Å². The van der Waals surface area contributed by atoms with Crippen LogP contribution in [0.15, 0.2) is 0 Å². The Morgan fingerprint density at radius 3 is 2.73 bits per heavy atom. The van der Waals surface area contributed by atoms with Crippen LogP contribution in [0.2, 0.25) is 0 Å². The molecular weight excluding hydrogens is 188 g/mol. The molecule has 0 aromatic carbocycles. The number of rotatable bonds is 7. The van der Waals surface area contributed by atoms with Gasteiger partial charge in [0.1, 0.15) is 0 Å². The lowest BCUT2D eigenvalue weighted by molar-refractivity contribution is 0.198. The minimum Gasteiger partial charge on any atom is -0.396 e. The number of nitrogens with zero attached hydrogens (tertiary/aromatic N) is 1. The maximum Gasteiger partial charge on any atom is 0.0431 e. The van der Waals surface area contributed by atoms with Gasteiger partial charge in [-0.05, 0) is 45.8 Å². The highest BCUT2D eigenvalue weighted by Crippen LogP contribution is 2.10. The predicted octanol–water partition coefficient (Wildman–Crippen LogP) is 1.22. The van der Waals surface area contributed by atoms with Gasteiger partial charge in [-0.1, -0.05) is 12.8 Å². The van der Waals surface area contributed by atoms with Gasteiger partial charge in [0, 0.05) is 19.2 Å². The lowest BCUT2D eigenvalue weighted by Crippen LogP contribution is -2.44. The van der Waals surface area contributed by atoms with Gasteiger partial charge in [-0.25, -0.2) is 0 Å². The number of hydrogen-bond donors (Lipinski definition) is 2. The molecule has 1 rings (SSSR count). The first kappa shape index (κ1) is 12.9. The van der Waals surface area contributed by atoms with E-state index in [2.05, 4.69) is 17.3 Å². The first-order valence-corrected chi connectivity index (χ1v) is 6.36. The molecule has 0 spiro atoms. The van der Waals surface area contributed by atoms with Gasteiger partial charge in [-0.15, -0.1) is 0 Å². The number of likely N-dealkylation sites (N-methyl/N-ethyl adjacent to an activating group) is 1. The molecule has 1 saturated heterocycles. The van der Waals surface area contributed by atoms with E-state index in [1.54, 1.807) is 0 Å². The smallest absolute Gasteiger partial charge is 0.0431 e. The summed E-state index contributed by atoms with van der Waals surface area (Å²) in [7, 11) is 2.24. The molecule has 1 aliphatic rings. The van der Waals surface area contributed by atoms with Crippen molar-refractivity contribution in [2.45, 2.75) is 44.6 Å². The Balaban J connectivity index is 1.99. The van der Waals surface area contributed by atoms with E-state index >= 15 is 0 Å². The van der Waals surface area contributed by atoms with E-state index in [4.69, 9.17) is 5.11 Å². The fourth-order valence-corrected chi connectivity index (χ4v) is 2.22.